The van der Waals surface area contributed by atoms with Gasteiger partial charge in [0.05, 0.1) is 0 Å². The van der Waals surface area contributed by atoms with Crippen LogP contribution in [0.5, 0.6) is 0 Å². The molecule has 1 aliphatic heterocycles. The topological polar surface area (TPSA) is 51.7 Å². The van der Waals surface area contributed by atoms with E-state index in [1.54, 1.807) is 0 Å². The van der Waals surface area contributed by atoms with E-state index >= 15 is 0 Å². The molecule has 6 heteroatoms. The molecular formula is C20H35N5O. The normalized spacial score (nSPS) is 16.0. The fraction of sp³-hybridized carbons (Fsp3) is 0.700. The van der Waals surface area contributed by atoms with Crippen molar-refractivity contribution < 1.29 is 4.79 Å². The molecule has 1 N–H and O–H groups in total. The smallest absolute Gasteiger partial charge is 0.317 e. The van der Waals surface area contributed by atoms with Gasteiger partial charge in [-0.25, -0.2) is 4.79 Å². The second-order valence-corrected chi connectivity index (χ2v) is 7.16. The minimum atomic E-state index is 0.0754. The fourth-order valence-electron chi connectivity index (χ4n) is 3.51. The zero-order valence-corrected chi connectivity index (χ0v) is 16.9. The van der Waals surface area contributed by atoms with Crippen LogP contribution in [0.15, 0.2) is 18.5 Å². The molecule has 1 fully saturated rings. The van der Waals surface area contributed by atoms with E-state index in [4.69, 9.17) is 0 Å². The molecule has 2 heterocycles. The number of urea groups is 1. The van der Waals surface area contributed by atoms with E-state index in [0.29, 0.717) is 0 Å². The Morgan fingerprint density at radius 1 is 1.27 bits per heavy atom. The SMILES string of the molecule is CCN(CC)CCC[C@H](C)NC(=O)N1CCN(c2ccncc2C)CC1. The van der Waals surface area contributed by atoms with E-state index in [0.717, 1.165) is 58.7 Å². The first-order chi connectivity index (χ1) is 12.5. The lowest BCUT2D eigenvalue weighted by atomic mass is 10.1. The van der Waals surface area contributed by atoms with Crippen LogP contribution < -0.4 is 10.2 Å². The summed E-state index contributed by atoms with van der Waals surface area (Å²) in [6.07, 6.45) is 5.88. The largest absolute Gasteiger partial charge is 0.368 e. The van der Waals surface area contributed by atoms with Gasteiger partial charge in [-0.15, -0.1) is 0 Å². The molecule has 146 valence electrons. The lowest BCUT2D eigenvalue weighted by molar-refractivity contribution is 0.189. The first-order valence-electron chi connectivity index (χ1n) is 9.98. The Morgan fingerprint density at radius 2 is 1.96 bits per heavy atom. The number of pyridine rings is 1. The van der Waals surface area contributed by atoms with Gasteiger partial charge >= 0.3 is 6.03 Å². The summed E-state index contributed by atoms with van der Waals surface area (Å²) >= 11 is 0. The van der Waals surface area contributed by atoms with Crippen LogP contribution >= 0.6 is 0 Å². The number of aromatic nitrogens is 1. The molecule has 0 aromatic carbocycles. The van der Waals surface area contributed by atoms with Crippen molar-refractivity contribution in [3.63, 3.8) is 0 Å². The Kier molecular flexibility index (Phi) is 8.16. The van der Waals surface area contributed by atoms with Crippen LogP contribution in [0.4, 0.5) is 10.5 Å². The third-order valence-electron chi connectivity index (χ3n) is 5.27. The Bertz CT molecular complexity index is 553. The molecule has 26 heavy (non-hydrogen) atoms. The highest BCUT2D eigenvalue weighted by atomic mass is 16.2. The second kappa shape index (κ2) is 10.4. The van der Waals surface area contributed by atoms with Gasteiger partial charge in [-0.05, 0) is 58.0 Å². The monoisotopic (exact) mass is 361 g/mol. The number of nitrogens with zero attached hydrogens (tertiary/aromatic N) is 4. The van der Waals surface area contributed by atoms with E-state index in [2.05, 4.69) is 53.9 Å². The third-order valence-corrected chi connectivity index (χ3v) is 5.27. The molecule has 0 spiro atoms. The molecule has 2 rings (SSSR count). The molecule has 2 amide bonds. The number of piperazine rings is 1. The lowest BCUT2D eigenvalue weighted by Gasteiger charge is -2.37. The Morgan fingerprint density at radius 3 is 2.58 bits per heavy atom. The molecule has 1 aromatic heterocycles. The van der Waals surface area contributed by atoms with E-state index in [9.17, 15) is 4.79 Å². The first-order valence-corrected chi connectivity index (χ1v) is 9.98. The highest BCUT2D eigenvalue weighted by Gasteiger charge is 2.22. The minimum Gasteiger partial charge on any atom is -0.368 e. The zero-order chi connectivity index (χ0) is 18.9. The van der Waals surface area contributed by atoms with E-state index < -0.39 is 0 Å². The highest BCUT2D eigenvalue weighted by Crippen LogP contribution is 2.19. The number of anilines is 1. The number of rotatable bonds is 8. The van der Waals surface area contributed by atoms with Crippen LogP contribution in [0.25, 0.3) is 0 Å². The number of nitrogens with one attached hydrogen (secondary N) is 1. The molecule has 0 aliphatic carbocycles. The zero-order valence-electron chi connectivity index (χ0n) is 16.9. The van der Waals surface area contributed by atoms with Crippen molar-refractivity contribution >= 4 is 11.7 Å². The van der Waals surface area contributed by atoms with E-state index in [-0.39, 0.29) is 12.1 Å². The van der Waals surface area contributed by atoms with Crippen LogP contribution in [0, 0.1) is 6.92 Å². The molecule has 0 unspecified atom stereocenters. The van der Waals surface area contributed by atoms with Crippen LogP contribution in [0.3, 0.4) is 0 Å². The Labute approximate surface area is 158 Å². The number of amides is 2. The van der Waals surface area contributed by atoms with Crippen LogP contribution in [-0.2, 0) is 0 Å². The molecule has 1 aliphatic rings. The second-order valence-electron chi connectivity index (χ2n) is 7.16. The van der Waals surface area contributed by atoms with E-state index in [1.807, 2.05) is 17.3 Å². The summed E-state index contributed by atoms with van der Waals surface area (Å²) in [5.41, 5.74) is 2.41. The summed E-state index contributed by atoms with van der Waals surface area (Å²) in [4.78, 5) is 23.4. The van der Waals surface area contributed by atoms with Gasteiger partial charge in [-0.3, -0.25) is 4.98 Å². The van der Waals surface area contributed by atoms with Crippen molar-refractivity contribution in [3.05, 3.63) is 24.0 Å². The van der Waals surface area contributed by atoms with Gasteiger partial charge in [0.1, 0.15) is 0 Å². The van der Waals surface area contributed by atoms with Crippen molar-refractivity contribution in [1.29, 1.82) is 0 Å². The number of aryl methyl sites for hydroxylation is 1. The maximum Gasteiger partial charge on any atom is 0.317 e. The highest BCUT2D eigenvalue weighted by molar-refractivity contribution is 5.75. The maximum absolute atomic E-state index is 12.5. The molecule has 6 nitrogen and oxygen atoms in total. The van der Waals surface area contributed by atoms with Crippen molar-refractivity contribution in [2.45, 2.75) is 46.6 Å². The summed E-state index contributed by atoms with van der Waals surface area (Å²) in [6, 6.07) is 2.35. The van der Waals surface area contributed by atoms with Crippen molar-refractivity contribution in [2.24, 2.45) is 0 Å². The van der Waals surface area contributed by atoms with Gasteiger partial charge < -0.3 is 20.0 Å². The third kappa shape index (κ3) is 5.87. The van der Waals surface area contributed by atoms with Gasteiger partial charge in [0.15, 0.2) is 0 Å². The summed E-state index contributed by atoms with van der Waals surface area (Å²) in [5, 5.41) is 3.17. The van der Waals surface area contributed by atoms with Gasteiger partial charge in [0.25, 0.3) is 0 Å². The standard InChI is InChI=1S/C20H35N5O/c1-5-23(6-2)11-7-8-18(4)22-20(26)25-14-12-24(13-15-25)19-9-10-21-16-17(19)3/h9-10,16,18H,5-8,11-15H2,1-4H3,(H,22,26)/t18-/m0/s1. The number of carbonyl (C=O) groups is 1. The average molecular weight is 362 g/mol. The van der Waals surface area contributed by atoms with Crippen molar-refractivity contribution in [1.82, 2.24) is 20.1 Å². The molecule has 0 radical (unpaired) electrons. The predicted molar refractivity (Wildman–Crippen MR) is 108 cm³/mol. The molecule has 1 atom stereocenters. The molecule has 1 aromatic rings. The molecular weight excluding hydrogens is 326 g/mol. The maximum atomic E-state index is 12.5. The predicted octanol–water partition coefficient (Wildman–Crippen LogP) is 2.73. The van der Waals surface area contributed by atoms with Crippen LogP contribution in [0.1, 0.15) is 39.2 Å². The average Bonchev–Trinajstić information content (AvgIpc) is 2.66. The summed E-state index contributed by atoms with van der Waals surface area (Å²) < 4.78 is 0. The van der Waals surface area contributed by atoms with E-state index in [1.165, 1.54) is 11.3 Å². The van der Waals surface area contributed by atoms with Gasteiger partial charge in [0.2, 0.25) is 0 Å². The minimum absolute atomic E-state index is 0.0754. The Balaban J connectivity index is 1.72. The lowest BCUT2D eigenvalue weighted by Crippen LogP contribution is -2.53. The quantitative estimate of drug-likeness (QED) is 0.773. The van der Waals surface area contributed by atoms with Crippen LogP contribution in [0.2, 0.25) is 0 Å². The molecule has 0 saturated carbocycles. The summed E-state index contributed by atoms with van der Waals surface area (Å²) in [7, 11) is 0. The van der Waals surface area contributed by atoms with Crippen molar-refractivity contribution in [3.8, 4) is 0 Å². The van der Waals surface area contributed by atoms with Gasteiger partial charge in [-0.1, -0.05) is 13.8 Å². The van der Waals surface area contributed by atoms with Gasteiger partial charge in [0, 0.05) is 50.3 Å². The first kappa shape index (κ1) is 20.5. The Hall–Kier alpha value is -1.82. The summed E-state index contributed by atoms with van der Waals surface area (Å²) in [6.45, 7) is 15.2. The number of hydrogen-bond donors (Lipinski definition) is 1. The molecule has 1 saturated heterocycles. The van der Waals surface area contributed by atoms with Gasteiger partial charge in [-0.2, -0.15) is 0 Å². The summed E-state index contributed by atoms with van der Waals surface area (Å²) in [5.74, 6) is 0. The van der Waals surface area contributed by atoms with Crippen LogP contribution in [-0.4, -0.2) is 72.7 Å². The molecule has 0 bridgehead atoms. The fourth-order valence-corrected chi connectivity index (χ4v) is 3.51. The number of hydrogen-bond acceptors (Lipinski definition) is 4. The number of carbonyl (C=O) groups excluding carboxylic acids is 1. The van der Waals surface area contributed by atoms with Crippen molar-refractivity contribution in [2.75, 3.05) is 50.7 Å².